The smallest absolute Gasteiger partial charge is 0.416 e. The molecule has 1 aliphatic rings. The number of imide groups is 1. The number of carbonyl (C=O) groups is 2. The highest BCUT2D eigenvalue weighted by Crippen LogP contribution is 2.24. The van der Waals surface area contributed by atoms with E-state index in [4.69, 9.17) is 4.74 Å². The van der Waals surface area contributed by atoms with Gasteiger partial charge >= 0.3 is 6.09 Å². The van der Waals surface area contributed by atoms with Crippen molar-refractivity contribution < 1.29 is 14.3 Å². The van der Waals surface area contributed by atoms with Gasteiger partial charge in [-0.1, -0.05) is 66.8 Å². The second-order valence-electron chi connectivity index (χ2n) is 5.63. The van der Waals surface area contributed by atoms with Gasteiger partial charge in [-0.15, -0.1) is 24.0 Å². The number of rotatable bonds is 5. The predicted octanol–water partition coefficient (Wildman–Crippen LogP) is 3.90. The van der Waals surface area contributed by atoms with E-state index in [1.807, 2.05) is 44.2 Å². The lowest BCUT2D eigenvalue weighted by molar-refractivity contribution is -0.133. The van der Waals surface area contributed by atoms with Crippen molar-refractivity contribution in [2.75, 3.05) is 11.0 Å². The number of nitrogens with zero attached hydrogens (tertiary/aromatic N) is 1. The van der Waals surface area contributed by atoms with Crippen molar-refractivity contribution in [3.8, 4) is 0 Å². The number of hydrogen-bond donors (Lipinski definition) is 0. The molecule has 1 unspecified atom stereocenters. The van der Waals surface area contributed by atoms with E-state index in [1.54, 1.807) is 0 Å². The highest BCUT2D eigenvalue weighted by Gasteiger charge is 2.41. The minimum atomic E-state index is -0.503. The Bertz CT molecular complexity index is 507. The topological polar surface area (TPSA) is 46.6 Å². The molecular weight excluding hydrogens is 508 g/mol. The van der Waals surface area contributed by atoms with Crippen LogP contribution in [0.4, 0.5) is 4.79 Å². The summed E-state index contributed by atoms with van der Waals surface area (Å²) in [6.45, 7) is 4.30. The summed E-state index contributed by atoms with van der Waals surface area (Å²) < 4.78 is 5.81. The fraction of sp³-hybridized carbons (Fsp3) is 0.500. The molecule has 22 heavy (non-hydrogen) atoms. The molecule has 0 saturated carbocycles. The van der Waals surface area contributed by atoms with E-state index in [1.165, 1.54) is 4.90 Å². The first-order valence-electron chi connectivity index (χ1n) is 7.14. The van der Waals surface area contributed by atoms with Crippen LogP contribution >= 0.6 is 46.6 Å². The number of hydrogen-bond acceptors (Lipinski definition) is 3. The second kappa shape index (κ2) is 9.05. The average Bonchev–Trinajstić information content (AvgIpc) is 2.81. The number of benzene rings is 1. The summed E-state index contributed by atoms with van der Waals surface area (Å²) in [6, 6.07) is 9.68. The summed E-state index contributed by atoms with van der Waals surface area (Å²) in [5.41, 5.74) is 1.11. The fourth-order valence-electron chi connectivity index (χ4n) is 2.47. The van der Waals surface area contributed by atoms with Crippen molar-refractivity contribution in [1.29, 1.82) is 0 Å². The van der Waals surface area contributed by atoms with Crippen LogP contribution in [0.1, 0.15) is 19.4 Å². The van der Waals surface area contributed by atoms with E-state index in [0.717, 1.165) is 5.56 Å². The number of alkyl halides is 1. The number of carbonyl (C=O) groups excluding carboxylic acids is 2. The van der Waals surface area contributed by atoms with Crippen LogP contribution in [0.25, 0.3) is 0 Å². The molecule has 0 bridgehead atoms. The number of cyclic esters (lactones) is 1. The van der Waals surface area contributed by atoms with Crippen molar-refractivity contribution in [3.63, 3.8) is 0 Å². The number of ether oxygens (including phenoxy) is 1. The van der Waals surface area contributed by atoms with Crippen LogP contribution in [-0.2, 0) is 16.0 Å². The lowest BCUT2D eigenvalue weighted by Crippen LogP contribution is -2.45. The van der Waals surface area contributed by atoms with Crippen molar-refractivity contribution >= 4 is 58.6 Å². The van der Waals surface area contributed by atoms with Gasteiger partial charge in [0.15, 0.2) is 0 Å². The molecule has 1 aromatic carbocycles. The molecule has 0 spiro atoms. The van der Waals surface area contributed by atoms with Crippen molar-refractivity contribution in [2.24, 2.45) is 11.8 Å². The minimum absolute atomic E-state index is 0. The van der Waals surface area contributed by atoms with Gasteiger partial charge in [-0.2, -0.15) is 0 Å². The van der Waals surface area contributed by atoms with Gasteiger partial charge in [-0.25, -0.2) is 9.69 Å². The van der Waals surface area contributed by atoms with E-state index in [2.05, 4.69) is 22.6 Å². The Morgan fingerprint density at radius 3 is 2.55 bits per heavy atom. The van der Waals surface area contributed by atoms with Gasteiger partial charge in [0.1, 0.15) is 6.61 Å². The van der Waals surface area contributed by atoms with Gasteiger partial charge < -0.3 is 4.74 Å². The summed E-state index contributed by atoms with van der Waals surface area (Å²) >= 11 is 2.20. The third-order valence-corrected chi connectivity index (χ3v) is 4.75. The van der Waals surface area contributed by atoms with Gasteiger partial charge in [0.25, 0.3) is 0 Å². The molecule has 0 aliphatic carbocycles. The van der Waals surface area contributed by atoms with Crippen LogP contribution in [-0.4, -0.2) is 34.0 Å². The highest BCUT2D eigenvalue weighted by molar-refractivity contribution is 14.1. The SMILES string of the molecule is CC(C)C(CI)C(=O)N1C(=O)OC[C@H]1Cc1ccccc1.I. The molecule has 0 aromatic heterocycles. The Morgan fingerprint density at radius 1 is 1.36 bits per heavy atom. The summed E-state index contributed by atoms with van der Waals surface area (Å²) in [4.78, 5) is 25.9. The molecule has 2 rings (SSSR count). The van der Waals surface area contributed by atoms with Crippen LogP contribution < -0.4 is 0 Å². The molecule has 6 heteroatoms. The van der Waals surface area contributed by atoms with Crippen LogP contribution in [0, 0.1) is 11.8 Å². The van der Waals surface area contributed by atoms with Gasteiger partial charge in [0.05, 0.1) is 6.04 Å². The Morgan fingerprint density at radius 2 is 2.00 bits per heavy atom. The lowest BCUT2D eigenvalue weighted by Gasteiger charge is -2.25. The van der Waals surface area contributed by atoms with Crippen LogP contribution in [0.15, 0.2) is 30.3 Å². The lowest BCUT2D eigenvalue weighted by atomic mass is 9.95. The zero-order valence-electron chi connectivity index (χ0n) is 12.7. The Balaban J connectivity index is 0.00000242. The first-order valence-corrected chi connectivity index (χ1v) is 8.66. The molecule has 0 N–H and O–H groups in total. The quantitative estimate of drug-likeness (QED) is 0.430. The molecule has 4 nitrogen and oxygen atoms in total. The molecule has 0 radical (unpaired) electrons. The molecule has 1 saturated heterocycles. The highest BCUT2D eigenvalue weighted by atomic mass is 127. The van der Waals surface area contributed by atoms with Crippen LogP contribution in [0.2, 0.25) is 0 Å². The summed E-state index contributed by atoms with van der Waals surface area (Å²) in [6.07, 6.45) is 0.140. The van der Waals surface area contributed by atoms with Crippen molar-refractivity contribution in [3.05, 3.63) is 35.9 Å². The van der Waals surface area contributed by atoms with E-state index in [0.29, 0.717) is 10.8 Å². The monoisotopic (exact) mass is 529 g/mol. The Labute approximate surface area is 162 Å². The van der Waals surface area contributed by atoms with Crippen molar-refractivity contribution in [1.82, 2.24) is 4.90 Å². The van der Waals surface area contributed by atoms with E-state index in [-0.39, 0.29) is 54.4 Å². The van der Waals surface area contributed by atoms with E-state index < -0.39 is 6.09 Å². The maximum absolute atomic E-state index is 12.6. The van der Waals surface area contributed by atoms with Crippen LogP contribution in [0.3, 0.4) is 0 Å². The number of amides is 2. The largest absolute Gasteiger partial charge is 0.447 e. The Hall–Kier alpha value is -0.380. The standard InChI is InChI=1S/C16H20INO3.HI/c1-11(2)14(9-17)15(19)18-13(10-21-16(18)20)8-12-6-4-3-5-7-12;/h3-7,11,13-14H,8-10H2,1-2H3;1H/t13-,14?;/m1./s1. The van der Waals surface area contributed by atoms with Gasteiger partial charge in [0, 0.05) is 10.3 Å². The normalized spacial score (nSPS) is 18.8. The summed E-state index contributed by atoms with van der Waals surface area (Å²) in [5, 5.41) is 0. The van der Waals surface area contributed by atoms with Crippen molar-refractivity contribution in [2.45, 2.75) is 26.3 Å². The van der Waals surface area contributed by atoms with Gasteiger partial charge in [0.2, 0.25) is 5.91 Å². The molecule has 1 aromatic rings. The zero-order chi connectivity index (χ0) is 15.4. The fourth-order valence-corrected chi connectivity index (χ4v) is 3.87. The van der Waals surface area contributed by atoms with E-state index >= 15 is 0 Å². The maximum atomic E-state index is 12.6. The molecule has 1 fully saturated rings. The van der Waals surface area contributed by atoms with Gasteiger partial charge in [-0.3, -0.25) is 4.79 Å². The third kappa shape index (κ3) is 4.56. The predicted molar refractivity (Wildman–Crippen MR) is 105 cm³/mol. The van der Waals surface area contributed by atoms with Crippen LogP contribution in [0.5, 0.6) is 0 Å². The Kier molecular flexibility index (Phi) is 8.09. The van der Waals surface area contributed by atoms with Gasteiger partial charge in [-0.05, 0) is 17.9 Å². The third-order valence-electron chi connectivity index (χ3n) is 3.80. The zero-order valence-corrected chi connectivity index (χ0v) is 17.2. The minimum Gasteiger partial charge on any atom is -0.447 e. The first-order chi connectivity index (χ1) is 10.0. The molecule has 2 amide bonds. The summed E-state index contributed by atoms with van der Waals surface area (Å²) in [7, 11) is 0. The van der Waals surface area contributed by atoms with E-state index in [9.17, 15) is 9.59 Å². The average molecular weight is 529 g/mol. The summed E-state index contributed by atoms with van der Waals surface area (Å²) in [5.74, 6) is -0.0440. The first kappa shape index (κ1) is 19.7. The maximum Gasteiger partial charge on any atom is 0.416 e. The molecule has 122 valence electrons. The second-order valence-corrected chi connectivity index (χ2v) is 6.51. The molecule has 1 heterocycles. The number of halogens is 2. The molecule has 2 atom stereocenters. The molecular formula is C16H21I2NO3. The molecule has 1 aliphatic heterocycles.